The van der Waals surface area contributed by atoms with Crippen LogP contribution in [0.25, 0.3) is 0 Å². The first kappa shape index (κ1) is 26.0. The van der Waals surface area contributed by atoms with Crippen molar-refractivity contribution in [3.63, 3.8) is 0 Å². The van der Waals surface area contributed by atoms with Gasteiger partial charge in [0.1, 0.15) is 6.61 Å². The molecule has 1 heterocycles. The van der Waals surface area contributed by atoms with E-state index in [4.69, 9.17) is 4.74 Å². The zero-order valence-corrected chi connectivity index (χ0v) is 21.1. The van der Waals surface area contributed by atoms with E-state index < -0.39 is 0 Å². The second kappa shape index (κ2) is 13.3. The molecule has 186 valence electrons. The van der Waals surface area contributed by atoms with Crippen LogP contribution in [0.5, 0.6) is 0 Å². The van der Waals surface area contributed by atoms with Gasteiger partial charge in [-0.3, -0.25) is 9.59 Å². The number of nitrogens with zero attached hydrogens (tertiary/aromatic N) is 3. The van der Waals surface area contributed by atoms with E-state index in [2.05, 4.69) is 61.0 Å². The molecule has 0 bridgehead atoms. The van der Waals surface area contributed by atoms with Gasteiger partial charge in [0.25, 0.3) is 0 Å². The Hall–Kier alpha value is -2.60. The van der Waals surface area contributed by atoms with Gasteiger partial charge in [0, 0.05) is 38.1 Å². The molecule has 0 aliphatic heterocycles. The average Bonchev–Trinajstić information content (AvgIpc) is 3.27. The molecule has 0 unspecified atom stereocenters. The molecule has 6 heteroatoms. The summed E-state index contributed by atoms with van der Waals surface area (Å²) < 4.78 is 7.32. The highest BCUT2D eigenvalue weighted by Gasteiger charge is 2.28. The van der Waals surface area contributed by atoms with Crippen LogP contribution in [0.2, 0.25) is 0 Å². The predicted molar refractivity (Wildman–Crippen MR) is 135 cm³/mol. The lowest BCUT2D eigenvalue weighted by Crippen LogP contribution is -2.48. The summed E-state index contributed by atoms with van der Waals surface area (Å²) in [6.07, 6.45) is 8.55. The second-order valence-electron chi connectivity index (χ2n) is 9.86. The number of rotatable bonds is 12. The smallest absolute Gasteiger partial charge is 0.249 e. The van der Waals surface area contributed by atoms with E-state index in [1.54, 1.807) is 4.90 Å². The fourth-order valence-corrected chi connectivity index (χ4v) is 4.69. The van der Waals surface area contributed by atoms with E-state index in [9.17, 15) is 9.59 Å². The van der Waals surface area contributed by atoms with Crippen molar-refractivity contribution in [3.8, 4) is 0 Å². The summed E-state index contributed by atoms with van der Waals surface area (Å²) in [5.74, 6) is 0.378. The van der Waals surface area contributed by atoms with E-state index >= 15 is 0 Å². The molecule has 1 aromatic heterocycles. The van der Waals surface area contributed by atoms with Crippen LogP contribution in [-0.4, -0.2) is 59.0 Å². The first-order valence-corrected chi connectivity index (χ1v) is 12.7. The monoisotopic (exact) mass is 467 g/mol. The van der Waals surface area contributed by atoms with Gasteiger partial charge in [-0.05, 0) is 42.9 Å². The largest absolute Gasteiger partial charge is 0.375 e. The molecule has 0 saturated heterocycles. The Kier molecular flexibility index (Phi) is 10.2. The van der Waals surface area contributed by atoms with Gasteiger partial charge in [0.15, 0.2) is 0 Å². The number of carbonyl (C=O) groups is 2. The minimum absolute atomic E-state index is 0.00866. The maximum atomic E-state index is 13.7. The second-order valence-corrected chi connectivity index (χ2v) is 9.86. The van der Waals surface area contributed by atoms with Crippen LogP contribution in [0.3, 0.4) is 0 Å². The van der Waals surface area contributed by atoms with Crippen molar-refractivity contribution in [2.75, 3.05) is 26.8 Å². The maximum Gasteiger partial charge on any atom is 0.249 e. The van der Waals surface area contributed by atoms with Crippen LogP contribution in [0.15, 0.2) is 48.7 Å². The molecular weight excluding hydrogens is 426 g/mol. The van der Waals surface area contributed by atoms with E-state index in [1.807, 2.05) is 11.0 Å². The number of hydrogen-bond donors (Lipinski definition) is 0. The van der Waals surface area contributed by atoms with Crippen molar-refractivity contribution >= 4 is 11.8 Å². The third kappa shape index (κ3) is 7.73. The van der Waals surface area contributed by atoms with Gasteiger partial charge in [-0.2, -0.15) is 0 Å². The van der Waals surface area contributed by atoms with Crippen LogP contribution < -0.4 is 0 Å². The van der Waals surface area contributed by atoms with Gasteiger partial charge in [-0.1, -0.05) is 63.4 Å². The van der Waals surface area contributed by atoms with Gasteiger partial charge in [-0.25, -0.2) is 0 Å². The van der Waals surface area contributed by atoms with E-state index in [0.717, 1.165) is 44.3 Å². The molecule has 0 spiro atoms. The molecule has 2 aromatic rings. The Morgan fingerprint density at radius 3 is 2.44 bits per heavy atom. The fourth-order valence-electron chi connectivity index (χ4n) is 4.69. The molecule has 1 saturated carbocycles. The minimum Gasteiger partial charge on any atom is -0.375 e. The lowest BCUT2D eigenvalue weighted by atomic mass is 9.94. The van der Waals surface area contributed by atoms with Crippen LogP contribution in [0, 0.1) is 5.92 Å². The highest BCUT2D eigenvalue weighted by Crippen LogP contribution is 2.25. The van der Waals surface area contributed by atoms with Gasteiger partial charge in [0.05, 0.1) is 13.1 Å². The van der Waals surface area contributed by atoms with Crippen molar-refractivity contribution in [2.45, 2.75) is 71.5 Å². The first-order valence-electron chi connectivity index (χ1n) is 12.7. The summed E-state index contributed by atoms with van der Waals surface area (Å²) in [5.41, 5.74) is 2.36. The normalized spacial score (nSPS) is 14.4. The lowest BCUT2D eigenvalue weighted by Gasteiger charge is -2.36. The third-order valence-electron chi connectivity index (χ3n) is 6.71. The lowest BCUT2D eigenvalue weighted by molar-refractivity contribution is -0.144. The predicted octanol–water partition coefficient (Wildman–Crippen LogP) is 4.72. The van der Waals surface area contributed by atoms with Crippen LogP contribution in [0.4, 0.5) is 0 Å². The van der Waals surface area contributed by atoms with Crippen LogP contribution in [0.1, 0.15) is 63.6 Å². The molecular formula is C28H41N3O3. The molecule has 34 heavy (non-hydrogen) atoms. The fraction of sp³-hybridized carbons (Fsp3) is 0.571. The third-order valence-corrected chi connectivity index (χ3v) is 6.71. The maximum absolute atomic E-state index is 13.7. The standard InChI is InChI=1S/C28H41N3O3/c1-23(2)16-18-30(28(33)22-34-3)21-27(32)31(25-13-8-5-9-14-25)20-26-15-10-17-29(26)19-24-11-6-4-7-12-24/h4,6-7,10-12,15,17,23,25H,5,8-9,13-14,16,18-22H2,1-3H3. The Morgan fingerprint density at radius 1 is 1.03 bits per heavy atom. The number of amides is 2. The van der Waals surface area contributed by atoms with E-state index in [0.29, 0.717) is 19.0 Å². The van der Waals surface area contributed by atoms with Gasteiger partial charge in [-0.15, -0.1) is 0 Å². The Labute approximate surface area is 204 Å². The molecule has 1 aromatic carbocycles. The summed E-state index contributed by atoms with van der Waals surface area (Å²) in [4.78, 5) is 30.1. The number of aromatic nitrogens is 1. The molecule has 0 radical (unpaired) electrons. The van der Waals surface area contributed by atoms with E-state index in [1.165, 1.54) is 19.1 Å². The molecule has 1 fully saturated rings. The highest BCUT2D eigenvalue weighted by atomic mass is 16.5. The molecule has 1 aliphatic rings. The average molecular weight is 468 g/mol. The van der Waals surface area contributed by atoms with Crippen molar-refractivity contribution in [3.05, 3.63) is 59.9 Å². The summed E-state index contributed by atoms with van der Waals surface area (Å²) in [5, 5.41) is 0. The van der Waals surface area contributed by atoms with Crippen molar-refractivity contribution in [2.24, 2.45) is 5.92 Å². The molecule has 0 atom stereocenters. The van der Waals surface area contributed by atoms with E-state index in [-0.39, 0.29) is 31.0 Å². The number of methoxy groups -OCH3 is 1. The summed E-state index contributed by atoms with van der Waals surface area (Å²) in [6.45, 7) is 6.32. The van der Waals surface area contributed by atoms with Crippen LogP contribution >= 0.6 is 0 Å². The van der Waals surface area contributed by atoms with Crippen molar-refractivity contribution in [1.29, 1.82) is 0 Å². The number of carbonyl (C=O) groups excluding carboxylic acids is 2. The quantitative estimate of drug-likeness (QED) is 0.454. The Bertz CT molecular complexity index is 887. The number of hydrogen-bond acceptors (Lipinski definition) is 3. The molecule has 6 nitrogen and oxygen atoms in total. The zero-order valence-electron chi connectivity index (χ0n) is 21.1. The first-order chi connectivity index (χ1) is 16.5. The minimum atomic E-state index is -0.118. The summed E-state index contributed by atoms with van der Waals surface area (Å²) in [7, 11) is 1.52. The summed E-state index contributed by atoms with van der Waals surface area (Å²) in [6, 6.07) is 14.8. The number of benzene rings is 1. The summed E-state index contributed by atoms with van der Waals surface area (Å²) >= 11 is 0. The van der Waals surface area contributed by atoms with Crippen molar-refractivity contribution < 1.29 is 14.3 Å². The van der Waals surface area contributed by atoms with Gasteiger partial charge >= 0.3 is 0 Å². The number of ether oxygens (including phenoxy) is 1. The molecule has 3 rings (SSSR count). The SMILES string of the molecule is COCC(=O)N(CCC(C)C)CC(=O)N(Cc1cccn1Cc1ccccc1)C1CCCCC1. The highest BCUT2D eigenvalue weighted by molar-refractivity contribution is 5.85. The Balaban J connectivity index is 1.77. The molecule has 0 N–H and O–H groups in total. The van der Waals surface area contributed by atoms with Gasteiger partial charge in [0.2, 0.25) is 11.8 Å². The topological polar surface area (TPSA) is 54.8 Å². The Morgan fingerprint density at radius 2 is 1.76 bits per heavy atom. The van der Waals surface area contributed by atoms with Gasteiger partial charge < -0.3 is 19.1 Å². The zero-order chi connectivity index (χ0) is 24.3. The molecule has 1 aliphatic carbocycles. The van der Waals surface area contributed by atoms with Crippen LogP contribution in [-0.2, 0) is 27.4 Å². The molecule has 2 amide bonds. The van der Waals surface area contributed by atoms with Crippen molar-refractivity contribution in [1.82, 2.24) is 14.4 Å².